The molecule has 1 unspecified atom stereocenters. The maximum atomic E-state index is 11.6. The number of sulfonamides is 1. The zero-order chi connectivity index (χ0) is 11.6. The number of nitrogens with two attached hydrogens (primary N) is 2. The van der Waals surface area contributed by atoms with Crippen LogP contribution in [0.3, 0.4) is 0 Å². The molecule has 84 valence electrons. The number of primary amides is 1. The van der Waals surface area contributed by atoms with Gasteiger partial charge in [0.2, 0.25) is 15.9 Å². The van der Waals surface area contributed by atoms with Crippen molar-refractivity contribution in [1.29, 1.82) is 0 Å². The van der Waals surface area contributed by atoms with Crippen molar-refractivity contribution in [2.45, 2.75) is 17.9 Å². The van der Waals surface area contributed by atoms with Crippen LogP contribution in [0.2, 0.25) is 0 Å². The van der Waals surface area contributed by atoms with Gasteiger partial charge in [-0.2, -0.15) is 9.82 Å². The second-order valence-corrected chi connectivity index (χ2v) is 4.58. The standard InChI is InChI=1S/C6H11N5O3S/c1-3(6(8)12)11-15(13,14)4-2-9-10-5(4)7/h2-3,11H,1H3,(H2,8,12)(H3,7,9,10). The number of nitrogens with zero attached hydrogens (tertiary/aromatic N) is 1. The molecule has 0 aliphatic carbocycles. The van der Waals surface area contributed by atoms with Crippen LogP contribution in [0.5, 0.6) is 0 Å². The van der Waals surface area contributed by atoms with Gasteiger partial charge in [0.25, 0.3) is 0 Å². The molecule has 1 atom stereocenters. The van der Waals surface area contributed by atoms with Gasteiger partial charge in [0.15, 0.2) is 0 Å². The van der Waals surface area contributed by atoms with Gasteiger partial charge in [0, 0.05) is 0 Å². The molecular formula is C6H11N5O3S. The van der Waals surface area contributed by atoms with Crippen LogP contribution in [0.25, 0.3) is 0 Å². The first-order valence-corrected chi connectivity index (χ1v) is 5.43. The van der Waals surface area contributed by atoms with Crippen molar-refractivity contribution in [2.75, 3.05) is 5.73 Å². The van der Waals surface area contributed by atoms with E-state index >= 15 is 0 Å². The maximum Gasteiger partial charge on any atom is 0.246 e. The van der Waals surface area contributed by atoms with Crippen molar-refractivity contribution in [3.63, 3.8) is 0 Å². The third-order valence-electron chi connectivity index (χ3n) is 1.68. The Morgan fingerprint density at radius 3 is 2.67 bits per heavy atom. The highest BCUT2D eigenvalue weighted by Crippen LogP contribution is 2.13. The Bertz CT molecular complexity index is 465. The Balaban J connectivity index is 2.96. The summed E-state index contributed by atoms with van der Waals surface area (Å²) >= 11 is 0. The average molecular weight is 233 g/mol. The number of nitrogens with one attached hydrogen (secondary N) is 2. The number of amides is 1. The first-order valence-electron chi connectivity index (χ1n) is 3.95. The predicted octanol–water partition coefficient (Wildman–Crippen LogP) is -1.86. The summed E-state index contributed by atoms with van der Waals surface area (Å²) < 4.78 is 25.2. The topological polar surface area (TPSA) is 144 Å². The van der Waals surface area contributed by atoms with E-state index in [4.69, 9.17) is 11.5 Å². The molecular weight excluding hydrogens is 222 g/mol. The fourth-order valence-corrected chi connectivity index (χ4v) is 2.09. The second kappa shape index (κ2) is 3.87. The van der Waals surface area contributed by atoms with Crippen molar-refractivity contribution in [1.82, 2.24) is 14.9 Å². The Hall–Kier alpha value is -1.61. The van der Waals surface area contributed by atoms with Crippen molar-refractivity contribution < 1.29 is 13.2 Å². The Morgan fingerprint density at radius 2 is 2.27 bits per heavy atom. The molecule has 1 aromatic rings. The van der Waals surface area contributed by atoms with E-state index in [1.54, 1.807) is 0 Å². The third-order valence-corrected chi connectivity index (χ3v) is 3.25. The smallest absolute Gasteiger partial charge is 0.246 e. The molecule has 0 fully saturated rings. The fourth-order valence-electron chi connectivity index (χ4n) is 0.854. The van der Waals surface area contributed by atoms with Gasteiger partial charge in [0.05, 0.1) is 12.2 Å². The van der Waals surface area contributed by atoms with Gasteiger partial charge in [-0.05, 0) is 6.92 Å². The van der Waals surface area contributed by atoms with E-state index in [1.807, 2.05) is 0 Å². The zero-order valence-electron chi connectivity index (χ0n) is 7.89. The number of carbonyl (C=O) groups is 1. The maximum absolute atomic E-state index is 11.6. The van der Waals surface area contributed by atoms with E-state index in [1.165, 1.54) is 6.92 Å². The minimum absolute atomic E-state index is 0.0980. The van der Waals surface area contributed by atoms with E-state index < -0.39 is 22.0 Å². The molecule has 0 saturated heterocycles. The van der Waals surface area contributed by atoms with Gasteiger partial charge < -0.3 is 11.5 Å². The van der Waals surface area contributed by atoms with Crippen molar-refractivity contribution >= 4 is 21.7 Å². The summed E-state index contributed by atoms with van der Waals surface area (Å²) in [5, 5.41) is 5.72. The quantitative estimate of drug-likeness (QED) is 0.482. The lowest BCUT2D eigenvalue weighted by atomic mass is 10.4. The lowest BCUT2D eigenvalue weighted by Crippen LogP contribution is -2.42. The van der Waals surface area contributed by atoms with Gasteiger partial charge in [0.1, 0.15) is 10.7 Å². The molecule has 9 heteroatoms. The number of H-pyrrole nitrogens is 1. The van der Waals surface area contributed by atoms with Gasteiger partial charge >= 0.3 is 0 Å². The summed E-state index contributed by atoms with van der Waals surface area (Å²) in [6.45, 7) is 1.33. The molecule has 0 spiro atoms. The lowest BCUT2D eigenvalue weighted by molar-refractivity contribution is -0.119. The first kappa shape index (κ1) is 11.5. The molecule has 0 bridgehead atoms. The Labute approximate surface area is 86.1 Å². The highest BCUT2D eigenvalue weighted by molar-refractivity contribution is 7.89. The van der Waals surface area contributed by atoms with Crippen LogP contribution >= 0.6 is 0 Å². The highest BCUT2D eigenvalue weighted by Gasteiger charge is 2.23. The minimum atomic E-state index is -3.86. The van der Waals surface area contributed by atoms with E-state index in [-0.39, 0.29) is 10.7 Å². The summed E-state index contributed by atoms with van der Waals surface area (Å²) in [6, 6.07) is -1.01. The van der Waals surface area contributed by atoms with E-state index in [0.29, 0.717) is 0 Å². The van der Waals surface area contributed by atoms with Crippen LogP contribution in [0.15, 0.2) is 11.1 Å². The number of nitrogen functional groups attached to an aromatic ring is 1. The second-order valence-electron chi connectivity index (χ2n) is 2.89. The number of hydrogen-bond acceptors (Lipinski definition) is 5. The van der Waals surface area contributed by atoms with Crippen LogP contribution in [0, 0.1) is 0 Å². The number of hydrogen-bond donors (Lipinski definition) is 4. The lowest BCUT2D eigenvalue weighted by Gasteiger charge is -2.09. The molecule has 6 N–H and O–H groups in total. The number of aromatic nitrogens is 2. The van der Waals surface area contributed by atoms with Crippen LogP contribution in [0.4, 0.5) is 5.82 Å². The van der Waals surface area contributed by atoms with E-state index in [0.717, 1.165) is 6.20 Å². The molecule has 0 aromatic carbocycles. The van der Waals surface area contributed by atoms with Crippen molar-refractivity contribution in [3.05, 3.63) is 6.20 Å². The van der Waals surface area contributed by atoms with Crippen LogP contribution < -0.4 is 16.2 Å². The number of rotatable bonds is 4. The highest BCUT2D eigenvalue weighted by atomic mass is 32.2. The number of anilines is 1. The van der Waals surface area contributed by atoms with E-state index in [9.17, 15) is 13.2 Å². The SMILES string of the molecule is CC(NS(=O)(=O)c1cn[nH]c1N)C(N)=O. The van der Waals surface area contributed by atoms with Crippen LogP contribution in [-0.2, 0) is 14.8 Å². The van der Waals surface area contributed by atoms with Gasteiger partial charge in [-0.15, -0.1) is 0 Å². The summed E-state index contributed by atoms with van der Waals surface area (Å²) in [6.07, 6.45) is 1.05. The van der Waals surface area contributed by atoms with Crippen LogP contribution in [-0.4, -0.2) is 30.6 Å². The average Bonchev–Trinajstić information content (AvgIpc) is 2.50. The Kier molecular flexibility index (Phi) is 2.95. The molecule has 0 aliphatic rings. The van der Waals surface area contributed by atoms with Crippen molar-refractivity contribution in [3.8, 4) is 0 Å². The van der Waals surface area contributed by atoms with Gasteiger partial charge in [-0.1, -0.05) is 0 Å². The summed E-state index contributed by atoms with van der Waals surface area (Å²) in [4.78, 5) is 10.5. The zero-order valence-corrected chi connectivity index (χ0v) is 8.71. The fraction of sp³-hybridized carbons (Fsp3) is 0.333. The molecule has 15 heavy (non-hydrogen) atoms. The molecule has 1 aromatic heterocycles. The number of carbonyl (C=O) groups excluding carboxylic acids is 1. The molecule has 0 saturated carbocycles. The monoisotopic (exact) mass is 233 g/mol. The number of aromatic amines is 1. The molecule has 1 amide bonds. The van der Waals surface area contributed by atoms with E-state index in [2.05, 4.69) is 14.9 Å². The summed E-state index contributed by atoms with van der Waals surface area (Å²) in [5.74, 6) is -0.875. The summed E-state index contributed by atoms with van der Waals surface area (Å²) in [7, 11) is -3.86. The molecule has 0 radical (unpaired) electrons. The summed E-state index contributed by atoms with van der Waals surface area (Å²) in [5.41, 5.74) is 10.2. The normalized spacial score (nSPS) is 13.7. The van der Waals surface area contributed by atoms with Gasteiger partial charge in [-0.3, -0.25) is 9.89 Å². The molecule has 0 aliphatic heterocycles. The van der Waals surface area contributed by atoms with Crippen LogP contribution in [0.1, 0.15) is 6.92 Å². The predicted molar refractivity (Wildman–Crippen MR) is 52.0 cm³/mol. The first-order chi connectivity index (χ1) is 6.84. The molecule has 8 nitrogen and oxygen atoms in total. The van der Waals surface area contributed by atoms with Crippen molar-refractivity contribution in [2.24, 2.45) is 5.73 Å². The van der Waals surface area contributed by atoms with Gasteiger partial charge in [-0.25, -0.2) is 8.42 Å². The molecule has 1 heterocycles. The Morgan fingerprint density at radius 1 is 1.67 bits per heavy atom. The minimum Gasteiger partial charge on any atom is -0.383 e. The molecule has 1 rings (SSSR count). The largest absolute Gasteiger partial charge is 0.383 e. The third kappa shape index (κ3) is 2.44.